The molecule has 0 fully saturated rings. The normalized spacial score (nSPS) is 10.4. The standard InChI is InChI=1S/C17H22N4O3/c1-11-5-4-6-15(21(19)17(23)20(3)18)14(11)10-24-16-8-7-13(22)9-12(16)2/h4-9,22H,10,18-19H2,1-3H3. The second-order valence-corrected chi connectivity index (χ2v) is 5.57. The van der Waals surface area contributed by atoms with Gasteiger partial charge >= 0.3 is 6.03 Å². The van der Waals surface area contributed by atoms with Crippen LogP contribution < -0.4 is 21.4 Å². The Morgan fingerprint density at radius 2 is 1.88 bits per heavy atom. The van der Waals surface area contributed by atoms with Gasteiger partial charge in [0.2, 0.25) is 0 Å². The lowest BCUT2D eigenvalue weighted by Gasteiger charge is -2.24. The van der Waals surface area contributed by atoms with Gasteiger partial charge in [0.1, 0.15) is 18.1 Å². The number of carbonyl (C=O) groups excluding carboxylic acids is 1. The van der Waals surface area contributed by atoms with Crippen molar-refractivity contribution >= 4 is 11.7 Å². The fourth-order valence-corrected chi connectivity index (χ4v) is 2.32. The number of carbonyl (C=O) groups is 1. The number of hydrazine groups is 2. The van der Waals surface area contributed by atoms with Gasteiger partial charge in [0.25, 0.3) is 0 Å². The molecule has 0 aliphatic rings. The molecule has 0 aliphatic heterocycles. The quantitative estimate of drug-likeness (QED) is 0.453. The number of urea groups is 1. The average molecular weight is 330 g/mol. The number of phenolic OH excluding ortho intramolecular Hbond substituents is 1. The van der Waals surface area contributed by atoms with Crippen LogP contribution in [0.4, 0.5) is 10.5 Å². The summed E-state index contributed by atoms with van der Waals surface area (Å²) in [5.41, 5.74) is 3.05. The van der Waals surface area contributed by atoms with Crippen LogP contribution in [-0.4, -0.2) is 23.2 Å². The summed E-state index contributed by atoms with van der Waals surface area (Å²) in [5.74, 6) is 12.2. The smallest absolute Gasteiger partial charge is 0.352 e. The van der Waals surface area contributed by atoms with Crippen LogP contribution in [0.15, 0.2) is 36.4 Å². The first kappa shape index (κ1) is 17.6. The van der Waals surface area contributed by atoms with Crippen molar-refractivity contribution < 1.29 is 14.6 Å². The number of nitrogens with two attached hydrogens (primary N) is 2. The molecule has 2 aromatic rings. The van der Waals surface area contributed by atoms with Crippen molar-refractivity contribution in [3.63, 3.8) is 0 Å². The summed E-state index contributed by atoms with van der Waals surface area (Å²) in [7, 11) is 1.42. The molecule has 0 spiro atoms. The van der Waals surface area contributed by atoms with E-state index in [1.54, 1.807) is 24.3 Å². The first-order valence-corrected chi connectivity index (χ1v) is 7.39. The minimum Gasteiger partial charge on any atom is -0.508 e. The van der Waals surface area contributed by atoms with Crippen molar-refractivity contribution in [3.05, 3.63) is 53.1 Å². The number of hydrogen-bond acceptors (Lipinski definition) is 5. The molecule has 0 heterocycles. The Kier molecular flexibility index (Phi) is 5.28. The summed E-state index contributed by atoms with van der Waals surface area (Å²) < 4.78 is 5.84. The molecular formula is C17H22N4O3. The maximum Gasteiger partial charge on any atom is 0.352 e. The van der Waals surface area contributed by atoms with Crippen LogP contribution in [0.25, 0.3) is 0 Å². The third-order valence-electron chi connectivity index (χ3n) is 3.68. The molecule has 7 nitrogen and oxygen atoms in total. The number of aryl methyl sites for hydroxylation is 2. The molecule has 128 valence electrons. The van der Waals surface area contributed by atoms with E-state index < -0.39 is 6.03 Å². The van der Waals surface area contributed by atoms with Gasteiger partial charge in [-0.15, -0.1) is 0 Å². The lowest BCUT2D eigenvalue weighted by molar-refractivity contribution is 0.216. The van der Waals surface area contributed by atoms with E-state index in [1.165, 1.54) is 7.05 Å². The fourth-order valence-electron chi connectivity index (χ4n) is 2.32. The Balaban J connectivity index is 2.28. The summed E-state index contributed by atoms with van der Waals surface area (Å²) in [6, 6.07) is 9.79. The van der Waals surface area contributed by atoms with Crippen molar-refractivity contribution in [3.8, 4) is 11.5 Å². The van der Waals surface area contributed by atoms with Crippen LogP contribution in [0.2, 0.25) is 0 Å². The van der Waals surface area contributed by atoms with Gasteiger partial charge in [-0.25, -0.2) is 21.5 Å². The van der Waals surface area contributed by atoms with Crippen LogP contribution in [0.1, 0.15) is 16.7 Å². The molecular weight excluding hydrogens is 308 g/mol. The van der Waals surface area contributed by atoms with Gasteiger partial charge < -0.3 is 9.84 Å². The number of rotatable bonds is 4. The van der Waals surface area contributed by atoms with Crippen molar-refractivity contribution in [1.82, 2.24) is 5.01 Å². The molecule has 0 aliphatic carbocycles. The number of nitrogens with zero attached hydrogens (tertiary/aromatic N) is 2. The number of phenols is 1. The van der Waals surface area contributed by atoms with E-state index in [9.17, 15) is 9.90 Å². The maximum absolute atomic E-state index is 12.0. The van der Waals surface area contributed by atoms with Crippen LogP contribution in [0, 0.1) is 13.8 Å². The van der Waals surface area contributed by atoms with Crippen molar-refractivity contribution in [2.75, 3.05) is 12.1 Å². The first-order valence-electron chi connectivity index (χ1n) is 7.39. The Hall–Kier alpha value is -2.77. The lowest BCUT2D eigenvalue weighted by atomic mass is 10.1. The van der Waals surface area contributed by atoms with E-state index in [-0.39, 0.29) is 12.4 Å². The van der Waals surface area contributed by atoms with Gasteiger partial charge in [-0.3, -0.25) is 5.01 Å². The molecule has 2 aromatic carbocycles. The second-order valence-electron chi connectivity index (χ2n) is 5.57. The van der Waals surface area contributed by atoms with Crippen molar-refractivity contribution in [2.45, 2.75) is 20.5 Å². The topological polar surface area (TPSA) is 105 Å². The van der Waals surface area contributed by atoms with Gasteiger partial charge in [-0.1, -0.05) is 12.1 Å². The molecule has 2 rings (SSSR count). The highest BCUT2D eigenvalue weighted by atomic mass is 16.5. The SMILES string of the molecule is Cc1cc(O)ccc1OCc1c(C)cccc1N(N)C(=O)N(C)N. The first-order chi connectivity index (χ1) is 11.3. The Morgan fingerprint density at radius 3 is 2.50 bits per heavy atom. The number of ether oxygens (including phenoxy) is 1. The molecule has 0 aromatic heterocycles. The summed E-state index contributed by atoms with van der Waals surface area (Å²) in [5, 5.41) is 11.4. The van der Waals surface area contributed by atoms with Crippen molar-refractivity contribution in [2.24, 2.45) is 11.7 Å². The molecule has 2 amide bonds. The molecule has 0 unspecified atom stereocenters. The van der Waals surface area contributed by atoms with Crippen LogP contribution in [0.5, 0.6) is 11.5 Å². The Morgan fingerprint density at radius 1 is 1.17 bits per heavy atom. The van der Waals surface area contributed by atoms with E-state index in [1.807, 2.05) is 26.0 Å². The number of anilines is 1. The van der Waals surface area contributed by atoms with Crippen molar-refractivity contribution in [1.29, 1.82) is 0 Å². The zero-order valence-corrected chi connectivity index (χ0v) is 14.0. The summed E-state index contributed by atoms with van der Waals surface area (Å²) in [6.07, 6.45) is 0. The van der Waals surface area contributed by atoms with Gasteiger partial charge in [-0.2, -0.15) is 0 Å². The van der Waals surface area contributed by atoms with Gasteiger partial charge in [0.15, 0.2) is 0 Å². The number of benzene rings is 2. The molecule has 0 bridgehead atoms. The van der Waals surface area contributed by atoms with E-state index in [0.29, 0.717) is 11.4 Å². The van der Waals surface area contributed by atoms with E-state index >= 15 is 0 Å². The van der Waals surface area contributed by atoms with Crippen LogP contribution >= 0.6 is 0 Å². The Bertz CT molecular complexity index is 747. The lowest BCUT2D eigenvalue weighted by Crippen LogP contribution is -2.49. The van der Waals surface area contributed by atoms with E-state index in [0.717, 1.165) is 26.7 Å². The second kappa shape index (κ2) is 7.20. The average Bonchev–Trinajstić information content (AvgIpc) is 2.53. The molecule has 0 radical (unpaired) electrons. The minimum absolute atomic E-state index is 0.182. The summed E-state index contributed by atoms with van der Waals surface area (Å²) in [6.45, 7) is 3.98. The predicted octanol–water partition coefficient (Wildman–Crippen LogP) is 2.19. The summed E-state index contributed by atoms with van der Waals surface area (Å²) >= 11 is 0. The van der Waals surface area contributed by atoms with E-state index in [4.69, 9.17) is 16.4 Å². The molecule has 0 atom stereocenters. The molecule has 5 N–H and O–H groups in total. The van der Waals surface area contributed by atoms with Gasteiger partial charge in [0, 0.05) is 12.6 Å². The summed E-state index contributed by atoms with van der Waals surface area (Å²) in [4.78, 5) is 12.0. The zero-order chi connectivity index (χ0) is 17.9. The minimum atomic E-state index is -0.539. The third kappa shape index (κ3) is 3.76. The molecule has 0 saturated carbocycles. The van der Waals surface area contributed by atoms with Gasteiger partial charge in [0.05, 0.1) is 5.69 Å². The third-order valence-corrected chi connectivity index (χ3v) is 3.68. The highest BCUT2D eigenvalue weighted by Crippen LogP contribution is 2.27. The van der Waals surface area contributed by atoms with E-state index in [2.05, 4.69) is 0 Å². The maximum atomic E-state index is 12.0. The van der Waals surface area contributed by atoms with Crippen LogP contribution in [0.3, 0.4) is 0 Å². The number of hydrogen-bond donors (Lipinski definition) is 3. The molecule has 24 heavy (non-hydrogen) atoms. The fraction of sp³-hybridized carbons (Fsp3) is 0.235. The highest BCUT2D eigenvalue weighted by Gasteiger charge is 2.19. The zero-order valence-electron chi connectivity index (χ0n) is 14.0. The van der Waals surface area contributed by atoms with Crippen LogP contribution in [-0.2, 0) is 6.61 Å². The predicted molar refractivity (Wildman–Crippen MR) is 92.4 cm³/mol. The number of amides is 2. The Labute approximate surface area is 141 Å². The van der Waals surface area contributed by atoms with Gasteiger partial charge in [-0.05, 0) is 49.2 Å². The number of aromatic hydroxyl groups is 1. The molecule has 0 saturated heterocycles. The highest BCUT2D eigenvalue weighted by molar-refractivity contribution is 5.91. The largest absolute Gasteiger partial charge is 0.508 e. The monoisotopic (exact) mass is 330 g/mol. The molecule has 7 heteroatoms.